The molecule has 0 bridgehead atoms. The number of amides is 1. The van der Waals surface area contributed by atoms with E-state index in [0.717, 1.165) is 16.5 Å². The van der Waals surface area contributed by atoms with Crippen LogP contribution in [0.3, 0.4) is 0 Å². The topological polar surface area (TPSA) is 113 Å². The van der Waals surface area contributed by atoms with E-state index in [4.69, 9.17) is 4.74 Å². The smallest absolute Gasteiger partial charge is 0.262 e. The molecule has 1 N–H and O–H groups in total. The highest BCUT2D eigenvalue weighted by Gasteiger charge is 2.32. The lowest BCUT2D eigenvalue weighted by Crippen LogP contribution is -2.45. The van der Waals surface area contributed by atoms with Gasteiger partial charge in [-0.05, 0) is 43.2 Å². The third-order valence-corrected chi connectivity index (χ3v) is 7.83. The van der Waals surface area contributed by atoms with Gasteiger partial charge in [-0.1, -0.05) is 36.4 Å². The molecule has 1 aliphatic heterocycles. The Balaban J connectivity index is 1.22. The molecule has 1 aliphatic rings. The quantitative estimate of drug-likeness (QED) is 0.260. The van der Waals surface area contributed by atoms with Crippen LogP contribution in [0.1, 0.15) is 31.5 Å². The lowest BCUT2D eigenvalue weighted by molar-refractivity contribution is -0.162. The second-order valence-electron chi connectivity index (χ2n) is 8.59. The highest BCUT2D eigenvalue weighted by atomic mass is 32.2. The predicted octanol–water partition coefficient (Wildman–Crippen LogP) is 3.04. The van der Waals surface area contributed by atoms with Gasteiger partial charge in [0.05, 0.1) is 0 Å². The van der Waals surface area contributed by atoms with Crippen molar-refractivity contribution in [2.45, 2.75) is 38.2 Å². The van der Waals surface area contributed by atoms with E-state index in [9.17, 15) is 18.4 Å². The maximum Gasteiger partial charge on any atom is 0.262 e. The van der Waals surface area contributed by atoms with Gasteiger partial charge in [-0.2, -0.15) is 0 Å². The average Bonchev–Trinajstić information content (AvgIpc) is 2.87. The summed E-state index contributed by atoms with van der Waals surface area (Å²) in [6, 6.07) is 15.6. The standard InChI is InChI=1S/C25H30N4O5S/c30-25(29(31)16-4-3-11-24-26-14-6-15-27-24)19-35(32,33)28-17-12-21(13-18-28)34-23-10-5-8-20-7-1-2-9-22(20)23/h1-2,5-10,14-15,21,31H,3-4,11-13,16-19H2. The van der Waals surface area contributed by atoms with Crippen molar-refractivity contribution in [2.75, 3.05) is 25.4 Å². The molecule has 3 aromatic rings. The number of aromatic nitrogens is 2. The SMILES string of the molecule is O=C(CS(=O)(=O)N1CCC(Oc2cccc3ccccc23)CC1)N(O)CCCCc1ncccn1. The van der Waals surface area contributed by atoms with E-state index >= 15 is 0 Å². The van der Waals surface area contributed by atoms with E-state index in [1.165, 1.54) is 4.31 Å². The number of fused-ring (bicyclic) bond motifs is 1. The molecule has 0 radical (unpaired) electrons. The van der Waals surface area contributed by atoms with Crippen molar-refractivity contribution < 1.29 is 23.2 Å². The van der Waals surface area contributed by atoms with Gasteiger partial charge in [0.2, 0.25) is 10.0 Å². The molecule has 2 heterocycles. The van der Waals surface area contributed by atoms with Crippen LogP contribution in [0.5, 0.6) is 5.75 Å². The van der Waals surface area contributed by atoms with Crippen LogP contribution < -0.4 is 4.74 Å². The maximum atomic E-state index is 12.8. The van der Waals surface area contributed by atoms with Crippen LogP contribution in [0.2, 0.25) is 0 Å². The first-order valence-electron chi connectivity index (χ1n) is 11.8. The Labute approximate surface area is 205 Å². The molecule has 1 saturated heterocycles. The first-order valence-corrected chi connectivity index (χ1v) is 13.4. The van der Waals surface area contributed by atoms with Crippen molar-refractivity contribution in [1.82, 2.24) is 19.3 Å². The Morgan fingerprint density at radius 3 is 2.51 bits per heavy atom. The Morgan fingerprint density at radius 2 is 1.74 bits per heavy atom. The number of hydrogen-bond acceptors (Lipinski definition) is 7. The number of hydroxylamine groups is 2. The number of aryl methyl sites for hydroxylation is 1. The normalized spacial score (nSPS) is 15.2. The third-order valence-electron chi connectivity index (χ3n) is 6.07. The molecule has 9 nitrogen and oxygen atoms in total. The molecule has 10 heteroatoms. The average molecular weight is 499 g/mol. The van der Waals surface area contributed by atoms with Crippen LogP contribution in [0, 0.1) is 0 Å². The summed E-state index contributed by atoms with van der Waals surface area (Å²) in [5.41, 5.74) is 0. The zero-order valence-electron chi connectivity index (χ0n) is 19.5. The molecule has 2 aromatic carbocycles. The molecule has 0 atom stereocenters. The largest absolute Gasteiger partial charge is 0.490 e. The Morgan fingerprint density at radius 1 is 1.03 bits per heavy atom. The molecule has 1 aromatic heterocycles. The fraction of sp³-hybridized carbons (Fsp3) is 0.400. The van der Waals surface area contributed by atoms with Crippen LogP contribution in [0.4, 0.5) is 0 Å². The van der Waals surface area contributed by atoms with Gasteiger partial charge in [0.15, 0.2) is 0 Å². The summed E-state index contributed by atoms with van der Waals surface area (Å²) < 4.78 is 33.0. The Bertz CT molecular complexity index is 1230. The van der Waals surface area contributed by atoms with Crippen molar-refractivity contribution in [2.24, 2.45) is 0 Å². The minimum absolute atomic E-state index is 0.0577. The summed E-state index contributed by atoms with van der Waals surface area (Å²) in [6.07, 6.45) is 6.08. The number of carbonyl (C=O) groups is 1. The lowest BCUT2D eigenvalue weighted by Gasteiger charge is -2.31. The minimum Gasteiger partial charge on any atom is -0.490 e. The van der Waals surface area contributed by atoms with E-state index in [2.05, 4.69) is 9.97 Å². The number of unbranched alkanes of at least 4 members (excludes halogenated alkanes) is 1. The van der Waals surface area contributed by atoms with E-state index in [1.54, 1.807) is 18.5 Å². The van der Waals surface area contributed by atoms with E-state index in [-0.39, 0.29) is 25.7 Å². The van der Waals surface area contributed by atoms with Gasteiger partial charge >= 0.3 is 0 Å². The minimum atomic E-state index is -3.83. The molecule has 0 spiro atoms. The zero-order chi connectivity index (χ0) is 24.7. The summed E-state index contributed by atoms with van der Waals surface area (Å²) >= 11 is 0. The van der Waals surface area contributed by atoms with E-state index in [0.29, 0.717) is 43.0 Å². The fourth-order valence-corrected chi connectivity index (χ4v) is 5.57. The van der Waals surface area contributed by atoms with Crippen molar-refractivity contribution in [3.05, 3.63) is 66.7 Å². The van der Waals surface area contributed by atoms with Crippen LogP contribution in [-0.4, -0.2) is 70.4 Å². The first kappa shape index (κ1) is 25.0. The summed E-state index contributed by atoms with van der Waals surface area (Å²) in [7, 11) is -3.83. The molecule has 0 saturated carbocycles. The molecule has 186 valence electrons. The van der Waals surface area contributed by atoms with Gasteiger partial charge < -0.3 is 4.74 Å². The van der Waals surface area contributed by atoms with Gasteiger partial charge in [-0.15, -0.1) is 0 Å². The van der Waals surface area contributed by atoms with Gasteiger partial charge in [-0.25, -0.2) is 27.8 Å². The highest BCUT2D eigenvalue weighted by molar-refractivity contribution is 7.89. The molecule has 1 fully saturated rings. The number of ether oxygens (including phenoxy) is 1. The highest BCUT2D eigenvalue weighted by Crippen LogP contribution is 2.28. The predicted molar refractivity (Wildman–Crippen MR) is 131 cm³/mol. The van der Waals surface area contributed by atoms with Crippen molar-refractivity contribution in [1.29, 1.82) is 0 Å². The van der Waals surface area contributed by atoms with Crippen LogP contribution in [0.25, 0.3) is 10.8 Å². The number of hydrogen-bond donors (Lipinski definition) is 1. The number of benzene rings is 2. The summed E-state index contributed by atoms with van der Waals surface area (Å²) in [5, 5.41) is 12.6. The number of piperidine rings is 1. The number of rotatable bonds is 10. The van der Waals surface area contributed by atoms with Crippen molar-refractivity contribution >= 4 is 26.7 Å². The second-order valence-corrected chi connectivity index (χ2v) is 10.6. The van der Waals surface area contributed by atoms with Gasteiger partial charge in [0, 0.05) is 43.8 Å². The Kier molecular flexibility index (Phi) is 8.27. The number of carbonyl (C=O) groups excluding carboxylic acids is 1. The number of nitrogens with zero attached hydrogens (tertiary/aromatic N) is 4. The number of sulfonamides is 1. The summed E-state index contributed by atoms with van der Waals surface area (Å²) in [6.45, 7) is 0.600. The molecule has 0 unspecified atom stereocenters. The van der Waals surface area contributed by atoms with Crippen LogP contribution in [-0.2, 0) is 21.2 Å². The molecular formula is C25H30N4O5S. The van der Waals surface area contributed by atoms with Crippen LogP contribution in [0.15, 0.2) is 60.9 Å². The third kappa shape index (κ3) is 6.74. The van der Waals surface area contributed by atoms with Crippen molar-refractivity contribution in [3.63, 3.8) is 0 Å². The van der Waals surface area contributed by atoms with E-state index in [1.807, 2.05) is 42.5 Å². The lowest BCUT2D eigenvalue weighted by atomic mass is 10.1. The van der Waals surface area contributed by atoms with Crippen molar-refractivity contribution in [3.8, 4) is 5.75 Å². The monoisotopic (exact) mass is 498 g/mol. The summed E-state index contributed by atoms with van der Waals surface area (Å²) in [4.78, 5) is 20.6. The molecular weight excluding hydrogens is 468 g/mol. The fourth-order valence-electron chi connectivity index (χ4n) is 4.16. The molecule has 1 amide bonds. The Hall–Kier alpha value is -3.08. The maximum absolute atomic E-state index is 12.8. The van der Waals surface area contributed by atoms with Gasteiger partial charge in [-0.3, -0.25) is 10.0 Å². The first-order chi connectivity index (χ1) is 16.9. The summed E-state index contributed by atoms with van der Waals surface area (Å²) in [5.74, 6) is -0.0942. The van der Waals surface area contributed by atoms with Gasteiger partial charge in [0.1, 0.15) is 23.4 Å². The molecule has 4 rings (SSSR count). The van der Waals surface area contributed by atoms with Gasteiger partial charge in [0.25, 0.3) is 5.91 Å². The second kappa shape index (κ2) is 11.6. The molecule has 0 aliphatic carbocycles. The zero-order valence-corrected chi connectivity index (χ0v) is 20.3. The van der Waals surface area contributed by atoms with E-state index < -0.39 is 21.7 Å². The molecule has 35 heavy (non-hydrogen) atoms. The van der Waals surface area contributed by atoms with Crippen LogP contribution >= 0.6 is 0 Å².